The van der Waals surface area contributed by atoms with Gasteiger partial charge < -0.3 is 0 Å². The molecular weight excluding hydrogens is 458 g/mol. The molecular formula is C14H8Br2F2N2S2. The third kappa shape index (κ3) is 2.89. The highest BCUT2D eigenvalue weighted by Crippen LogP contribution is 2.40. The molecule has 1 aromatic carbocycles. The van der Waals surface area contributed by atoms with Crippen LogP contribution in [0.1, 0.15) is 10.0 Å². The molecule has 0 unspecified atom stereocenters. The van der Waals surface area contributed by atoms with Gasteiger partial charge in [0.2, 0.25) is 0 Å². The maximum atomic E-state index is 14.5. The molecule has 22 heavy (non-hydrogen) atoms. The summed E-state index contributed by atoms with van der Waals surface area (Å²) >= 11 is 9.20. The van der Waals surface area contributed by atoms with Crippen molar-refractivity contribution in [3.05, 3.63) is 43.0 Å². The first-order chi connectivity index (χ1) is 10.4. The van der Waals surface area contributed by atoms with E-state index in [-0.39, 0.29) is 11.1 Å². The topological polar surface area (TPSA) is 25.8 Å². The predicted molar refractivity (Wildman–Crippen MR) is 93.4 cm³/mol. The van der Waals surface area contributed by atoms with Gasteiger partial charge in [0.25, 0.3) is 0 Å². The van der Waals surface area contributed by atoms with Crippen LogP contribution in [0.5, 0.6) is 0 Å². The summed E-state index contributed by atoms with van der Waals surface area (Å²) in [4.78, 5) is 9.54. The van der Waals surface area contributed by atoms with Crippen LogP contribution in [-0.2, 0) is 0 Å². The summed E-state index contributed by atoms with van der Waals surface area (Å²) in [5, 5.41) is 1.57. The lowest BCUT2D eigenvalue weighted by atomic mass is 10.1. The van der Waals surface area contributed by atoms with Crippen molar-refractivity contribution in [2.24, 2.45) is 0 Å². The van der Waals surface area contributed by atoms with Gasteiger partial charge in [0, 0.05) is 11.1 Å². The number of nitrogens with zero attached hydrogens (tertiary/aromatic N) is 2. The first kappa shape index (κ1) is 16.2. The van der Waals surface area contributed by atoms with Crippen molar-refractivity contribution in [2.45, 2.75) is 13.8 Å². The zero-order valence-corrected chi connectivity index (χ0v) is 16.2. The third-order valence-corrected chi connectivity index (χ3v) is 6.61. The fraction of sp³-hybridized carbons (Fsp3) is 0.143. The molecule has 2 heterocycles. The van der Waals surface area contributed by atoms with E-state index in [4.69, 9.17) is 0 Å². The summed E-state index contributed by atoms with van der Waals surface area (Å²) in [6, 6.07) is 2.42. The molecule has 0 fully saturated rings. The molecule has 0 aliphatic carbocycles. The van der Waals surface area contributed by atoms with Gasteiger partial charge in [0.1, 0.15) is 20.8 Å². The normalized spacial score (nSPS) is 11.2. The van der Waals surface area contributed by atoms with Crippen LogP contribution in [0.25, 0.3) is 20.9 Å². The highest BCUT2D eigenvalue weighted by Gasteiger charge is 2.20. The number of aromatic nitrogens is 2. The van der Waals surface area contributed by atoms with Gasteiger partial charge in [-0.2, -0.15) is 0 Å². The summed E-state index contributed by atoms with van der Waals surface area (Å²) < 4.78 is 30.0. The van der Waals surface area contributed by atoms with Gasteiger partial charge >= 0.3 is 0 Å². The minimum atomic E-state index is -0.487. The fourth-order valence-corrected chi connectivity index (χ4v) is 5.37. The molecule has 0 aliphatic rings. The van der Waals surface area contributed by atoms with Crippen LogP contribution in [0.3, 0.4) is 0 Å². The largest absolute Gasteiger partial charge is 0.234 e. The highest BCUT2D eigenvalue weighted by atomic mass is 79.9. The lowest BCUT2D eigenvalue weighted by Gasteiger charge is -2.06. The Morgan fingerprint density at radius 2 is 1.18 bits per heavy atom. The van der Waals surface area contributed by atoms with Crippen LogP contribution >= 0.6 is 54.5 Å². The monoisotopic (exact) mass is 464 g/mol. The second-order valence-corrected chi connectivity index (χ2v) is 8.43. The summed E-state index contributed by atoms with van der Waals surface area (Å²) in [7, 11) is 0. The molecule has 0 radical (unpaired) electrons. The molecule has 2 aromatic heterocycles. The van der Waals surface area contributed by atoms with Crippen LogP contribution in [0.15, 0.2) is 21.3 Å². The van der Waals surface area contributed by atoms with E-state index in [0.717, 1.165) is 10.0 Å². The van der Waals surface area contributed by atoms with Crippen molar-refractivity contribution >= 4 is 54.5 Å². The molecule has 0 spiro atoms. The lowest BCUT2D eigenvalue weighted by Crippen LogP contribution is -1.90. The van der Waals surface area contributed by atoms with E-state index >= 15 is 0 Å². The molecule has 8 heteroatoms. The second-order valence-electron chi connectivity index (χ2n) is 4.52. The maximum Gasteiger partial charge on any atom is 0.132 e. The zero-order valence-electron chi connectivity index (χ0n) is 11.4. The molecule has 3 aromatic rings. The fourth-order valence-electron chi connectivity index (χ4n) is 2.03. The van der Waals surface area contributed by atoms with Crippen LogP contribution in [-0.4, -0.2) is 9.97 Å². The van der Waals surface area contributed by atoms with Gasteiger partial charge in [0.05, 0.1) is 19.8 Å². The van der Waals surface area contributed by atoms with Crippen molar-refractivity contribution in [2.75, 3.05) is 0 Å². The molecule has 0 saturated carbocycles. The Bertz CT molecular complexity index is 802. The van der Waals surface area contributed by atoms with Crippen molar-refractivity contribution in [3.8, 4) is 20.9 Å². The van der Waals surface area contributed by atoms with Gasteiger partial charge in [-0.15, -0.1) is 22.7 Å². The molecule has 0 saturated heterocycles. The number of aryl methyl sites for hydroxylation is 2. The summed E-state index contributed by atoms with van der Waals surface area (Å²) in [6.07, 6.45) is 0. The summed E-state index contributed by atoms with van der Waals surface area (Å²) in [5.41, 5.74) is 0.409. The van der Waals surface area contributed by atoms with E-state index in [2.05, 4.69) is 41.8 Å². The van der Waals surface area contributed by atoms with Crippen molar-refractivity contribution < 1.29 is 8.78 Å². The second kappa shape index (κ2) is 6.07. The predicted octanol–water partition coefficient (Wildman–Crippen LogP) is 6.35. The van der Waals surface area contributed by atoms with Gasteiger partial charge in [-0.05, 0) is 57.8 Å². The Morgan fingerprint density at radius 3 is 1.45 bits per heavy atom. The maximum absolute atomic E-state index is 14.5. The molecule has 2 nitrogen and oxygen atoms in total. The van der Waals surface area contributed by atoms with E-state index in [9.17, 15) is 8.78 Å². The van der Waals surface area contributed by atoms with Gasteiger partial charge in [-0.3, -0.25) is 0 Å². The number of thiazole rings is 2. The quantitative estimate of drug-likeness (QED) is 0.440. The lowest BCUT2D eigenvalue weighted by molar-refractivity contribution is 0.606. The molecule has 0 N–H and O–H groups in total. The van der Waals surface area contributed by atoms with E-state index in [0.29, 0.717) is 19.0 Å². The number of benzene rings is 1. The molecule has 3 rings (SSSR count). The average molecular weight is 466 g/mol. The number of halogens is 4. The third-order valence-electron chi connectivity index (χ3n) is 2.93. The Balaban J connectivity index is 2.17. The van der Waals surface area contributed by atoms with Crippen molar-refractivity contribution in [3.63, 3.8) is 0 Å². The zero-order chi connectivity index (χ0) is 16.0. The first-order valence-electron chi connectivity index (χ1n) is 6.12. The van der Waals surface area contributed by atoms with Gasteiger partial charge in [-0.25, -0.2) is 18.7 Å². The molecule has 0 aliphatic heterocycles. The van der Waals surface area contributed by atoms with E-state index in [1.54, 1.807) is 0 Å². The highest BCUT2D eigenvalue weighted by molar-refractivity contribution is 9.10. The van der Waals surface area contributed by atoms with E-state index in [1.807, 2.05) is 13.8 Å². The standard InChI is InChI=1S/C14H8Br2F2N2S2/c1-5-19-13(15)11(21-5)7-3-10(18)8(4-9(7)17)12-14(16)20-6(2)22-12/h3-4H,1-2H3. The SMILES string of the molecule is Cc1nc(Br)c(-c2cc(F)c(-c3sc(C)nc3Br)cc2F)s1. The minimum absolute atomic E-state index is 0.205. The Morgan fingerprint density at radius 1 is 0.818 bits per heavy atom. The number of hydrogen-bond donors (Lipinski definition) is 0. The Hall–Kier alpha value is -0.700. The average Bonchev–Trinajstić information content (AvgIpc) is 2.93. The van der Waals surface area contributed by atoms with Crippen molar-refractivity contribution in [1.29, 1.82) is 0 Å². The van der Waals surface area contributed by atoms with Crippen LogP contribution in [0.4, 0.5) is 8.78 Å². The summed E-state index contributed by atoms with van der Waals surface area (Å²) in [6.45, 7) is 3.64. The summed E-state index contributed by atoms with van der Waals surface area (Å²) in [5.74, 6) is -0.975. The van der Waals surface area contributed by atoms with Crippen molar-refractivity contribution in [1.82, 2.24) is 9.97 Å². The Kier molecular flexibility index (Phi) is 4.46. The molecule has 0 bridgehead atoms. The minimum Gasteiger partial charge on any atom is -0.234 e. The van der Waals surface area contributed by atoms with E-state index in [1.165, 1.54) is 34.8 Å². The smallest absolute Gasteiger partial charge is 0.132 e. The Labute approximate surface area is 150 Å². The number of hydrogen-bond acceptors (Lipinski definition) is 4. The van der Waals surface area contributed by atoms with Crippen LogP contribution < -0.4 is 0 Å². The van der Waals surface area contributed by atoms with Crippen LogP contribution in [0, 0.1) is 25.5 Å². The van der Waals surface area contributed by atoms with Crippen LogP contribution in [0.2, 0.25) is 0 Å². The molecule has 0 amide bonds. The molecule has 0 atom stereocenters. The van der Waals surface area contributed by atoms with Gasteiger partial charge in [0.15, 0.2) is 0 Å². The van der Waals surface area contributed by atoms with Gasteiger partial charge in [-0.1, -0.05) is 0 Å². The first-order valence-corrected chi connectivity index (χ1v) is 9.34. The van der Waals surface area contributed by atoms with E-state index < -0.39 is 11.6 Å². The molecule has 114 valence electrons. The number of rotatable bonds is 2.